The standard InChI is InChI=1S/C13H14ClFO2/c1-8-11(4-5-17-8)13(16)7-9-6-10(14)2-3-12(9)15/h2-3,6,8,11H,4-5,7H2,1H3. The molecule has 1 saturated heterocycles. The first-order valence-corrected chi connectivity index (χ1v) is 6.04. The number of carbonyl (C=O) groups is 1. The van der Waals surface area contributed by atoms with Gasteiger partial charge >= 0.3 is 0 Å². The number of ketones is 1. The summed E-state index contributed by atoms with van der Waals surface area (Å²) in [7, 11) is 0. The Bertz CT molecular complexity index is 433. The van der Waals surface area contributed by atoms with E-state index in [0.717, 1.165) is 6.42 Å². The summed E-state index contributed by atoms with van der Waals surface area (Å²) < 4.78 is 18.8. The summed E-state index contributed by atoms with van der Waals surface area (Å²) in [6.45, 7) is 2.49. The number of Topliss-reactive ketones (excluding diaryl/α,β-unsaturated/α-hetero) is 1. The molecule has 0 aromatic heterocycles. The second kappa shape index (κ2) is 5.15. The van der Waals surface area contributed by atoms with Gasteiger partial charge in [0.2, 0.25) is 0 Å². The van der Waals surface area contributed by atoms with Crippen LogP contribution in [-0.2, 0) is 16.0 Å². The molecule has 1 fully saturated rings. The largest absolute Gasteiger partial charge is 0.378 e. The van der Waals surface area contributed by atoms with Crippen LogP contribution in [0.3, 0.4) is 0 Å². The molecule has 1 aliphatic rings. The topological polar surface area (TPSA) is 26.3 Å². The second-order valence-electron chi connectivity index (χ2n) is 4.35. The number of hydrogen-bond donors (Lipinski definition) is 0. The van der Waals surface area contributed by atoms with Gasteiger partial charge in [-0.2, -0.15) is 0 Å². The average Bonchev–Trinajstić information content (AvgIpc) is 2.70. The summed E-state index contributed by atoms with van der Waals surface area (Å²) in [6, 6.07) is 4.28. The van der Waals surface area contributed by atoms with E-state index in [1.807, 2.05) is 6.92 Å². The monoisotopic (exact) mass is 256 g/mol. The maximum absolute atomic E-state index is 13.5. The first-order chi connectivity index (χ1) is 8.08. The van der Waals surface area contributed by atoms with Crippen LogP contribution in [0, 0.1) is 11.7 Å². The zero-order valence-corrected chi connectivity index (χ0v) is 10.3. The molecule has 0 aliphatic carbocycles. The highest BCUT2D eigenvalue weighted by atomic mass is 35.5. The van der Waals surface area contributed by atoms with E-state index >= 15 is 0 Å². The highest BCUT2D eigenvalue weighted by Crippen LogP contribution is 2.24. The quantitative estimate of drug-likeness (QED) is 0.831. The normalized spacial score (nSPS) is 23.9. The Balaban J connectivity index is 2.10. The van der Waals surface area contributed by atoms with Crippen LogP contribution < -0.4 is 0 Å². The van der Waals surface area contributed by atoms with Gasteiger partial charge in [0.25, 0.3) is 0 Å². The van der Waals surface area contributed by atoms with Gasteiger partial charge in [-0.15, -0.1) is 0 Å². The third kappa shape index (κ3) is 2.85. The third-order valence-corrected chi connectivity index (χ3v) is 3.40. The fourth-order valence-corrected chi connectivity index (χ4v) is 2.35. The van der Waals surface area contributed by atoms with Gasteiger partial charge in [-0.3, -0.25) is 4.79 Å². The van der Waals surface area contributed by atoms with Crippen LogP contribution >= 0.6 is 11.6 Å². The molecule has 0 spiro atoms. The van der Waals surface area contributed by atoms with Crippen LogP contribution in [0.15, 0.2) is 18.2 Å². The minimum absolute atomic E-state index is 0.0242. The molecule has 2 rings (SSSR count). The lowest BCUT2D eigenvalue weighted by atomic mass is 9.93. The molecule has 4 heteroatoms. The minimum atomic E-state index is -0.380. The lowest BCUT2D eigenvalue weighted by Gasteiger charge is -2.13. The molecule has 17 heavy (non-hydrogen) atoms. The number of hydrogen-bond acceptors (Lipinski definition) is 2. The molecule has 0 radical (unpaired) electrons. The zero-order valence-electron chi connectivity index (χ0n) is 9.58. The van der Waals surface area contributed by atoms with Gasteiger partial charge in [0.15, 0.2) is 0 Å². The van der Waals surface area contributed by atoms with Gasteiger partial charge in [-0.25, -0.2) is 4.39 Å². The van der Waals surface area contributed by atoms with Crippen molar-refractivity contribution in [2.45, 2.75) is 25.9 Å². The van der Waals surface area contributed by atoms with Crippen molar-refractivity contribution in [3.8, 4) is 0 Å². The molecule has 1 aromatic rings. The lowest BCUT2D eigenvalue weighted by Crippen LogP contribution is -2.23. The Kier molecular flexibility index (Phi) is 3.79. The minimum Gasteiger partial charge on any atom is -0.378 e. The van der Waals surface area contributed by atoms with E-state index in [1.54, 1.807) is 0 Å². The van der Waals surface area contributed by atoms with E-state index in [2.05, 4.69) is 0 Å². The van der Waals surface area contributed by atoms with Gasteiger partial charge in [-0.05, 0) is 37.1 Å². The smallest absolute Gasteiger partial charge is 0.143 e. The maximum Gasteiger partial charge on any atom is 0.143 e. The maximum atomic E-state index is 13.5. The first kappa shape index (κ1) is 12.5. The number of halogens is 2. The number of ether oxygens (including phenoxy) is 1. The van der Waals surface area contributed by atoms with Crippen molar-refractivity contribution >= 4 is 17.4 Å². The SMILES string of the molecule is CC1OCCC1C(=O)Cc1cc(Cl)ccc1F. The summed E-state index contributed by atoms with van der Waals surface area (Å²) in [6.07, 6.45) is 0.747. The molecule has 2 nitrogen and oxygen atoms in total. The van der Waals surface area contributed by atoms with Gasteiger partial charge < -0.3 is 4.74 Å². The van der Waals surface area contributed by atoms with Gasteiger partial charge in [0.1, 0.15) is 11.6 Å². The van der Waals surface area contributed by atoms with Crippen LogP contribution in [0.1, 0.15) is 18.9 Å². The van der Waals surface area contributed by atoms with Crippen molar-refractivity contribution < 1.29 is 13.9 Å². The molecule has 1 aliphatic heterocycles. The predicted molar refractivity (Wildman–Crippen MR) is 63.6 cm³/mol. The van der Waals surface area contributed by atoms with Crippen molar-refractivity contribution in [2.24, 2.45) is 5.92 Å². The molecule has 2 atom stereocenters. The van der Waals surface area contributed by atoms with E-state index < -0.39 is 0 Å². The lowest BCUT2D eigenvalue weighted by molar-refractivity contribution is -0.123. The summed E-state index contributed by atoms with van der Waals surface area (Å²) in [4.78, 5) is 12.0. The Labute approximate surface area is 105 Å². The van der Waals surface area contributed by atoms with Gasteiger partial charge in [0.05, 0.1) is 6.10 Å². The van der Waals surface area contributed by atoms with Crippen LogP contribution in [0.25, 0.3) is 0 Å². The molecule has 0 bridgehead atoms. The third-order valence-electron chi connectivity index (χ3n) is 3.16. The van der Waals surface area contributed by atoms with Crippen LogP contribution in [-0.4, -0.2) is 18.5 Å². The summed E-state index contributed by atoms with van der Waals surface area (Å²) in [5, 5.41) is 0.449. The summed E-state index contributed by atoms with van der Waals surface area (Å²) >= 11 is 5.79. The zero-order chi connectivity index (χ0) is 12.4. The van der Waals surface area contributed by atoms with E-state index in [1.165, 1.54) is 18.2 Å². The van der Waals surface area contributed by atoms with Crippen molar-refractivity contribution in [3.63, 3.8) is 0 Å². The fraction of sp³-hybridized carbons (Fsp3) is 0.462. The molecular formula is C13H14ClFO2. The fourth-order valence-electron chi connectivity index (χ4n) is 2.15. The predicted octanol–water partition coefficient (Wildman–Crippen LogP) is 3.02. The first-order valence-electron chi connectivity index (χ1n) is 5.66. The number of rotatable bonds is 3. The molecule has 92 valence electrons. The van der Waals surface area contributed by atoms with Crippen molar-refractivity contribution in [1.29, 1.82) is 0 Å². The van der Waals surface area contributed by atoms with Gasteiger partial charge in [0, 0.05) is 24.0 Å². The van der Waals surface area contributed by atoms with E-state index in [-0.39, 0.29) is 30.0 Å². The molecule has 1 aromatic carbocycles. The van der Waals surface area contributed by atoms with Crippen molar-refractivity contribution in [1.82, 2.24) is 0 Å². The average molecular weight is 257 g/mol. The summed E-state index contributed by atoms with van der Waals surface area (Å²) in [5.74, 6) is -0.473. The molecule has 1 heterocycles. The van der Waals surface area contributed by atoms with E-state index in [9.17, 15) is 9.18 Å². The Morgan fingerprint density at radius 3 is 3.00 bits per heavy atom. The molecule has 0 N–H and O–H groups in total. The Morgan fingerprint density at radius 1 is 1.59 bits per heavy atom. The van der Waals surface area contributed by atoms with Crippen molar-refractivity contribution in [3.05, 3.63) is 34.6 Å². The van der Waals surface area contributed by atoms with E-state index in [0.29, 0.717) is 17.2 Å². The highest BCUT2D eigenvalue weighted by Gasteiger charge is 2.30. The molecule has 2 unspecified atom stereocenters. The highest BCUT2D eigenvalue weighted by molar-refractivity contribution is 6.30. The summed E-state index contributed by atoms with van der Waals surface area (Å²) in [5.41, 5.74) is 0.363. The Hall–Kier alpha value is -0.930. The molecular weight excluding hydrogens is 243 g/mol. The second-order valence-corrected chi connectivity index (χ2v) is 4.79. The van der Waals surface area contributed by atoms with Crippen molar-refractivity contribution in [2.75, 3.05) is 6.61 Å². The van der Waals surface area contributed by atoms with Gasteiger partial charge in [-0.1, -0.05) is 11.6 Å². The number of carbonyl (C=O) groups excluding carboxylic acids is 1. The number of benzene rings is 1. The van der Waals surface area contributed by atoms with Crippen LogP contribution in [0.2, 0.25) is 5.02 Å². The van der Waals surface area contributed by atoms with Crippen LogP contribution in [0.4, 0.5) is 4.39 Å². The Morgan fingerprint density at radius 2 is 2.35 bits per heavy atom. The molecule has 0 saturated carbocycles. The molecule has 0 amide bonds. The van der Waals surface area contributed by atoms with Crippen LogP contribution in [0.5, 0.6) is 0 Å². The van der Waals surface area contributed by atoms with E-state index in [4.69, 9.17) is 16.3 Å².